The Labute approximate surface area is 89.0 Å². The van der Waals surface area contributed by atoms with Crippen LogP contribution in [0.2, 0.25) is 0 Å². The van der Waals surface area contributed by atoms with Crippen LogP contribution in [0, 0.1) is 0 Å². The van der Waals surface area contributed by atoms with Crippen molar-refractivity contribution in [3.63, 3.8) is 0 Å². The van der Waals surface area contributed by atoms with Gasteiger partial charge in [-0.2, -0.15) is 0 Å². The molecule has 1 aromatic rings. The highest BCUT2D eigenvalue weighted by Crippen LogP contribution is 2.22. The highest BCUT2D eigenvalue weighted by Gasteiger charge is 2.18. The summed E-state index contributed by atoms with van der Waals surface area (Å²) in [6, 6.07) is 7.57. The van der Waals surface area contributed by atoms with E-state index in [1.54, 1.807) is 0 Å². The number of piperidine rings is 1. The summed E-state index contributed by atoms with van der Waals surface area (Å²) < 4.78 is 0. The number of nitrogens with zero attached hydrogens (tertiary/aromatic N) is 1. The third-order valence-electron chi connectivity index (χ3n) is 2.67. The molecule has 0 saturated carbocycles. The second-order valence-electron chi connectivity index (χ2n) is 3.69. The van der Waals surface area contributed by atoms with Crippen molar-refractivity contribution in [2.24, 2.45) is 5.84 Å². The summed E-state index contributed by atoms with van der Waals surface area (Å²) in [5.74, 6) is 5.49. The second kappa shape index (κ2) is 4.31. The molecule has 1 aromatic carbocycles. The number of nitrogen functional groups attached to an aromatic ring is 1. The van der Waals surface area contributed by atoms with Crippen LogP contribution in [0.25, 0.3) is 0 Å². The zero-order valence-electron chi connectivity index (χ0n) is 8.57. The quantitative estimate of drug-likeness (QED) is 0.568. The summed E-state index contributed by atoms with van der Waals surface area (Å²) in [4.78, 5) is 13.5. The topological polar surface area (TPSA) is 58.4 Å². The fourth-order valence-electron chi connectivity index (χ4n) is 1.82. The zero-order chi connectivity index (χ0) is 10.7. The lowest BCUT2D eigenvalue weighted by Gasteiger charge is -2.26. The Morgan fingerprint density at radius 1 is 1.20 bits per heavy atom. The van der Waals surface area contributed by atoms with Gasteiger partial charge in [-0.1, -0.05) is 0 Å². The zero-order valence-corrected chi connectivity index (χ0v) is 8.57. The Balaban J connectivity index is 2.17. The van der Waals surface area contributed by atoms with Crippen LogP contribution in [0.4, 0.5) is 11.4 Å². The number of hydrogen-bond acceptors (Lipinski definition) is 3. The molecular weight excluding hydrogens is 190 g/mol. The Hall–Kier alpha value is -1.55. The van der Waals surface area contributed by atoms with Crippen LogP contribution in [0.5, 0.6) is 0 Å². The normalized spacial score (nSPS) is 16.6. The first-order chi connectivity index (χ1) is 7.31. The van der Waals surface area contributed by atoms with Gasteiger partial charge in [-0.25, -0.2) is 0 Å². The van der Waals surface area contributed by atoms with Gasteiger partial charge in [0.05, 0.1) is 0 Å². The van der Waals surface area contributed by atoms with E-state index in [2.05, 4.69) is 5.43 Å². The minimum atomic E-state index is 0.217. The van der Waals surface area contributed by atoms with Crippen molar-refractivity contribution < 1.29 is 4.79 Å². The van der Waals surface area contributed by atoms with Gasteiger partial charge in [-0.15, -0.1) is 0 Å². The number of amides is 1. The molecule has 1 fully saturated rings. The minimum absolute atomic E-state index is 0.217. The van der Waals surface area contributed by atoms with E-state index in [1.165, 1.54) is 0 Å². The van der Waals surface area contributed by atoms with E-state index in [9.17, 15) is 4.79 Å². The van der Waals surface area contributed by atoms with E-state index in [4.69, 9.17) is 5.84 Å². The van der Waals surface area contributed by atoms with E-state index in [-0.39, 0.29) is 5.91 Å². The third-order valence-corrected chi connectivity index (χ3v) is 2.67. The van der Waals surface area contributed by atoms with Crippen LogP contribution in [0.3, 0.4) is 0 Å². The average Bonchev–Trinajstić information content (AvgIpc) is 2.30. The molecule has 0 radical (unpaired) electrons. The maximum absolute atomic E-state index is 11.6. The third kappa shape index (κ3) is 2.10. The average molecular weight is 205 g/mol. The van der Waals surface area contributed by atoms with E-state index in [0.717, 1.165) is 30.8 Å². The second-order valence-corrected chi connectivity index (χ2v) is 3.69. The molecule has 1 amide bonds. The molecule has 4 heteroatoms. The number of rotatable bonds is 2. The van der Waals surface area contributed by atoms with Crippen LogP contribution in [0.1, 0.15) is 19.3 Å². The number of carbonyl (C=O) groups excluding carboxylic acids is 1. The van der Waals surface area contributed by atoms with Gasteiger partial charge in [-0.3, -0.25) is 10.6 Å². The number of carbonyl (C=O) groups is 1. The molecule has 15 heavy (non-hydrogen) atoms. The van der Waals surface area contributed by atoms with Crippen molar-refractivity contribution in [3.05, 3.63) is 24.3 Å². The predicted octanol–water partition coefficient (Wildman–Crippen LogP) is 1.49. The molecule has 0 unspecified atom stereocenters. The van der Waals surface area contributed by atoms with Crippen LogP contribution in [0.15, 0.2) is 24.3 Å². The van der Waals surface area contributed by atoms with Crippen molar-refractivity contribution in [1.29, 1.82) is 0 Å². The van der Waals surface area contributed by atoms with Gasteiger partial charge in [0, 0.05) is 24.3 Å². The van der Waals surface area contributed by atoms with Gasteiger partial charge in [0.1, 0.15) is 0 Å². The van der Waals surface area contributed by atoms with Gasteiger partial charge in [0.15, 0.2) is 0 Å². The van der Waals surface area contributed by atoms with Crippen LogP contribution in [-0.4, -0.2) is 12.5 Å². The largest absolute Gasteiger partial charge is 0.324 e. The number of hydrogen-bond donors (Lipinski definition) is 2. The molecule has 0 bridgehead atoms. The number of benzene rings is 1. The summed E-state index contributed by atoms with van der Waals surface area (Å²) in [7, 11) is 0. The SMILES string of the molecule is NNc1ccc(N2CCCCC2=O)cc1. The standard InChI is InChI=1S/C11H15N3O/c12-13-9-4-6-10(7-5-9)14-8-2-1-3-11(14)15/h4-7,13H,1-3,8,12H2. The number of nitrogens with one attached hydrogen (secondary N) is 1. The monoisotopic (exact) mass is 205 g/mol. The van der Waals surface area contributed by atoms with Crippen LogP contribution in [-0.2, 0) is 4.79 Å². The molecule has 0 spiro atoms. The number of hydrazine groups is 1. The van der Waals surface area contributed by atoms with Crippen molar-refractivity contribution in [2.45, 2.75) is 19.3 Å². The molecule has 1 heterocycles. The van der Waals surface area contributed by atoms with Gasteiger partial charge >= 0.3 is 0 Å². The Morgan fingerprint density at radius 2 is 1.93 bits per heavy atom. The summed E-state index contributed by atoms with van der Waals surface area (Å²) >= 11 is 0. The summed E-state index contributed by atoms with van der Waals surface area (Å²) in [6.07, 6.45) is 2.76. The number of nitrogens with two attached hydrogens (primary N) is 1. The molecule has 0 aromatic heterocycles. The summed E-state index contributed by atoms with van der Waals surface area (Å²) in [6.45, 7) is 0.828. The van der Waals surface area contributed by atoms with Gasteiger partial charge in [0.25, 0.3) is 0 Å². The molecule has 4 nitrogen and oxygen atoms in total. The Kier molecular flexibility index (Phi) is 2.87. The molecule has 2 rings (SSSR count). The van der Waals surface area contributed by atoms with Crippen molar-refractivity contribution >= 4 is 17.3 Å². The molecule has 0 atom stereocenters. The van der Waals surface area contributed by atoms with Crippen molar-refractivity contribution in [2.75, 3.05) is 16.9 Å². The van der Waals surface area contributed by atoms with Crippen LogP contribution >= 0.6 is 0 Å². The first kappa shape index (κ1) is 9.98. The number of anilines is 2. The fraction of sp³-hybridized carbons (Fsp3) is 0.364. The first-order valence-corrected chi connectivity index (χ1v) is 5.18. The molecule has 1 saturated heterocycles. The van der Waals surface area contributed by atoms with Gasteiger partial charge in [-0.05, 0) is 37.1 Å². The van der Waals surface area contributed by atoms with E-state index >= 15 is 0 Å². The summed E-state index contributed by atoms with van der Waals surface area (Å²) in [5.41, 5.74) is 4.37. The molecule has 3 N–H and O–H groups in total. The van der Waals surface area contributed by atoms with E-state index in [1.807, 2.05) is 29.2 Å². The minimum Gasteiger partial charge on any atom is -0.324 e. The van der Waals surface area contributed by atoms with E-state index in [0.29, 0.717) is 6.42 Å². The lowest BCUT2D eigenvalue weighted by atomic mass is 10.1. The molecular formula is C11H15N3O. The first-order valence-electron chi connectivity index (χ1n) is 5.18. The highest BCUT2D eigenvalue weighted by molar-refractivity contribution is 5.94. The van der Waals surface area contributed by atoms with Gasteiger partial charge < -0.3 is 10.3 Å². The van der Waals surface area contributed by atoms with Crippen LogP contribution < -0.4 is 16.2 Å². The van der Waals surface area contributed by atoms with Crippen molar-refractivity contribution in [1.82, 2.24) is 0 Å². The molecule has 1 aliphatic heterocycles. The lowest BCUT2D eigenvalue weighted by molar-refractivity contribution is -0.119. The maximum Gasteiger partial charge on any atom is 0.226 e. The molecule has 80 valence electrons. The van der Waals surface area contributed by atoms with Crippen molar-refractivity contribution in [3.8, 4) is 0 Å². The summed E-state index contributed by atoms with van der Waals surface area (Å²) in [5, 5.41) is 0. The molecule has 1 aliphatic rings. The van der Waals surface area contributed by atoms with E-state index < -0.39 is 0 Å². The highest BCUT2D eigenvalue weighted by atomic mass is 16.2. The molecule has 0 aliphatic carbocycles. The Bertz CT molecular complexity index is 347. The fourth-order valence-corrected chi connectivity index (χ4v) is 1.82. The smallest absolute Gasteiger partial charge is 0.226 e. The predicted molar refractivity (Wildman–Crippen MR) is 60.5 cm³/mol. The van der Waals surface area contributed by atoms with Gasteiger partial charge in [0.2, 0.25) is 5.91 Å². The Morgan fingerprint density at radius 3 is 2.53 bits per heavy atom. The maximum atomic E-state index is 11.6. The lowest BCUT2D eigenvalue weighted by Crippen LogP contribution is -2.35.